The van der Waals surface area contributed by atoms with Crippen molar-refractivity contribution in [1.29, 1.82) is 0 Å². The van der Waals surface area contributed by atoms with Crippen LogP contribution in [0, 0.1) is 0 Å². The van der Waals surface area contributed by atoms with Gasteiger partial charge in [0.1, 0.15) is 0 Å². The molecule has 0 radical (unpaired) electrons. The number of ether oxygens (including phenoxy) is 2. The summed E-state index contributed by atoms with van der Waals surface area (Å²) >= 11 is 0. The van der Waals surface area contributed by atoms with E-state index in [0.29, 0.717) is 23.6 Å². The second-order valence-corrected chi connectivity index (χ2v) is 4.70. The summed E-state index contributed by atoms with van der Waals surface area (Å²) in [6.07, 6.45) is 1.54. The van der Waals surface area contributed by atoms with Crippen molar-refractivity contribution in [2.24, 2.45) is 5.10 Å². The third kappa shape index (κ3) is 9.16. The number of rotatable bonds is 6. The number of nitrogens with zero attached hydrogens (tertiary/aromatic N) is 1. The lowest BCUT2D eigenvalue weighted by Crippen LogP contribution is -2.11. The molecule has 1 rings (SSSR count). The zero-order chi connectivity index (χ0) is 17.2. The molecule has 126 valence electrons. The monoisotopic (exact) mass is 338 g/mol. The molecule has 0 unspecified atom stereocenters. The maximum absolute atomic E-state index is 9.68. The first-order valence-electron chi connectivity index (χ1n) is 5.83. The van der Waals surface area contributed by atoms with E-state index in [-0.39, 0.29) is 12.4 Å². The number of hydrazone groups is 1. The summed E-state index contributed by atoms with van der Waals surface area (Å²) < 4.78 is 18.9. The number of phosphoric acid groups is 1. The Morgan fingerprint density at radius 2 is 1.68 bits per heavy atom. The zero-order valence-corrected chi connectivity index (χ0v) is 12.9. The Hall–Kier alpha value is -1.84. The number of aliphatic hydroxyl groups is 1. The number of aliphatic hydroxyl groups excluding tert-OH is 1. The number of phenols is 1. The normalized spacial score (nSPS) is 10.8. The fraction of sp³-hybridized carbons (Fsp3) is 0.364. The molecule has 0 bridgehead atoms. The Labute approximate surface area is 126 Å². The van der Waals surface area contributed by atoms with Gasteiger partial charge >= 0.3 is 7.82 Å². The van der Waals surface area contributed by atoms with Crippen LogP contribution in [0.3, 0.4) is 0 Å². The molecule has 0 aliphatic carbocycles. The van der Waals surface area contributed by atoms with Crippen molar-refractivity contribution in [3.05, 3.63) is 17.7 Å². The van der Waals surface area contributed by atoms with E-state index in [1.54, 1.807) is 18.3 Å². The summed E-state index contributed by atoms with van der Waals surface area (Å²) in [5, 5.41) is 22.1. The lowest BCUT2D eigenvalue weighted by Gasteiger charge is -2.09. The van der Waals surface area contributed by atoms with Gasteiger partial charge in [0.15, 0.2) is 11.5 Å². The van der Waals surface area contributed by atoms with Crippen molar-refractivity contribution in [3.63, 3.8) is 0 Å². The average molecular weight is 338 g/mol. The minimum atomic E-state index is -4.64. The summed E-state index contributed by atoms with van der Waals surface area (Å²) in [7, 11) is -1.72. The second kappa shape index (κ2) is 9.98. The number of hydrogen-bond acceptors (Lipinski definition) is 7. The van der Waals surface area contributed by atoms with E-state index in [9.17, 15) is 5.11 Å². The molecule has 0 aliphatic rings. The summed E-state index contributed by atoms with van der Waals surface area (Å²) in [5.41, 5.74) is 3.36. The summed E-state index contributed by atoms with van der Waals surface area (Å²) in [6.45, 7) is 0.391. The van der Waals surface area contributed by atoms with Crippen molar-refractivity contribution in [2.45, 2.75) is 0 Å². The molecule has 0 aliphatic heterocycles. The van der Waals surface area contributed by atoms with Gasteiger partial charge in [-0.3, -0.25) is 0 Å². The lowest BCUT2D eigenvalue weighted by molar-refractivity contribution is 0.275. The van der Waals surface area contributed by atoms with Crippen LogP contribution < -0.4 is 14.9 Å². The van der Waals surface area contributed by atoms with Crippen LogP contribution >= 0.6 is 7.82 Å². The number of phenolic OH excluding ortho intramolecular Hbond substituents is 1. The van der Waals surface area contributed by atoms with E-state index in [1.165, 1.54) is 14.2 Å². The first-order chi connectivity index (χ1) is 10.2. The highest BCUT2D eigenvalue weighted by molar-refractivity contribution is 7.45. The molecular formula is C11H19N2O8P. The van der Waals surface area contributed by atoms with Gasteiger partial charge < -0.3 is 39.8 Å². The smallest absolute Gasteiger partial charge is 0.466 e. The zero-order valence-electron chi connectivity index (χ0n) is 12.0. The Morgan fingerprint density at radius 3 is 2.05 bits per heavy atom. The number of hydrogen-bond donors (Lipinski definition) is 6. The average Bonchev–Trinajstić information content (AvgIpc) is 2.43. The Bertz CT molecular complexity index is 498. The molecule has 0 saturated carbocycles. The standard InChI is InChI=1S/C11H16N2O4.H3O4P/c1-16-9-5-8(7-13-12-3-4-14)6-10(17-2)11(9)15;1-5(2,3)4/h5-7,12,14-15H,3-4H2,1-2H3;(H3,1,2,3,4). The summed E-state index contributed by atoms with van der Waals surface area (Å²) in [4.78, 5) is 21.6. The molecule has 6 N–H and O–H groups in total. The Kier molecular flexibility index (Phi) is 9.15. The molecule has 1 aromatic carbocycles. The second-order valence-electron chi connectivity index (χ2n) is 3.68. The van der Waals surface area contributed by atoms with E-state index in [1.807, 2.05) is 0 Å². The molecule has 0 fully saturated rings. The van der Waals surface area contributed by atoms with Crippen molar-refractivity contribution in [3.8, 4) is 17.2 Å². The Morgan fingerprint density at radius 1 is 1.23 bits per heavy atom. The fourth-order valence-electron chi connectivity index (χ4n) is 1.22. The van der Waals surface area contributed by atoms with Crippen molar-refractivity contribution < 1.29 is 38.9 Å². The number of benzene rings is 1. The maximum Gasteiger partial charge on any atom is 0.466 e. The molecule has 0 heterocycles. The maximum atomic E-state index is 9.68. The molecule has 0 spiro atoms. The molecule has 1 aromatic rings. The van der Waals surface area contributed by atoms with Crippen molar-refractivity contribution >= 4 is 14.0 Å². The molecule has 0 atom stereocenters. The van der Waals surface area contributed by atoms with Crippen LogP contribution in [-0.4, -0.2) is 58.5 Å². The number of aromatic hydroxyl groups is 1. The first kappa shape index (κ1) is 20.2. The highest BCUT2D eigenvalue weighted by atomic mass is 31.2. The van der Waals surface area contributed by atoms with Gasteiger partial charge in [0, 0.05) is 5.56 Å². The predicted molar refractivity (Wildman–Crippen MR) is 78.2 cm³/mol. The van der Waals surface area contributed by atoms with Crippen LogP contribution in [0.4, 0.5) is 0 Å². The third-order valence-corrected chi connectivity index (χ3v) is 2.03. The topological polar surface area (TPSA) is 161 Å². The predicted octanol–water partition coefficient (Wildman–Crippen LogP) is -0.603. The van der Waals surface area contributed by atoms with Crippen LogP contribution in [0.1, 0.15) is 5.56 Å². The van der Waals surface area contributed by atoms with Gasteiger partial charge in [-0.05, 0) is 12.1 Å². The van der Waals surface area contributed by atoms with E-state index >= 15 is 0 Å². The van der Waals surface area contributed by atoms with Crippen LogP contribution in [-0.2, 0) is 4.57 Å². The summed E-state index contributed by atoms with van der Waals surface area (Å²) in [6, 6.07) is 3.25. The van der Waals surface area contributed by atoms with E-state index in [0.717, 1.165) is 0 Å². The van der Waals surface area contributed by atoms with Gasteiger partial charge in [-0.1, -0.05) is 0 Å². The lowest BCUT2D eigenvalue weighted by atomic mass is 10.2. The van der Waals surface area contributed by atoms with Gasteiger partial charge in [-0.2, -0.15) is 5.10 Å². The SMILES string of the molecule is COc1cc(C=NNCCO)cc(OC)c1O.O=P(O)(O)O. The van der Waals surface area contributed by atoms with Crippen molar-refractivity contribution in [2.75, 3.05) is 27.4 Å². The van der Waals surface area contributed by atoms with Crippen LogP contribution in [0.15, 0.2) is 17.2 Å². The van der Waals surface area contributed by atoms with Crippen molar-refractivity contribution in [1.82, 2.24) is 5.43 Å². The van der Waals surface area contributed by atoms with Crippen LogP contribution in [0.5, 0.6) is 17.2 Å². The highest BCUT2D eigenvalue weighted by Gasteiger charge is 2.09. The minimum absolute atomic E-state index is 0.0135. The van der Waals surface area contributed by atoms with E-state index in [2.05, 4.69) is 10.5 Å². The van der Waals surface area contributed by atoms with Crippen LogP contribution in [0.2, 0.25) is 0 Å². The van der Waals surface area contributed by atoms with Gasteiger partial charge in [-0.15, -0.1) is 0 Å². The van der Waals surface area contributed by atoms with Gasteiger partial charge in [-0.25, -0.2) is 4.57 Å². The van der Waals surface area contributed by atoms with Gasteiger partial charge in [0.05, 0.1) is 33.6 Å². The fourth-order valence-corrected chi connectivity index (χ4v) is 1.22. The minimum Gasteiger partial charge on any atom is -0.502 e. The number of nitrogens with one attached hydrogen (secondary N) is 1. The van der Waals surface area contributed by atoms with Gasteiger partial charge in [0.2, 0.25) is 5.75 Å². The quantitative estimate of drug-likeness (QED) is 0.172. The highest BCUT2D eigenvalue weighted by Crippen LogP contribution is 2.36. The summed E-state index contributed by atoms with van der Waals surface area (Å²) in [5.74, 6) is 0.580. The third-order valence-electron chi connectivity index (χ3n) is 2.03. The Balaban J connectivity index is 0.000000763. The van der Waals surface area contributed by atoms with Crippen LogP contribution in [0.25, 0.3) is 0 Å². The largest absolute Gasteiger partial charge is 0.502 e. The van der Waals surface area contributed by atoms with E-state index < -0.39 is 7.82 Å². The van der Waals surface area contributed by atoms with E-state index in [4.69, 9.17) is 33.8 Å². The molecule has 11 heteroatoms. The van der Waals surface area contributed by atoms with Gasteiger partial charge in [0.25, 0.3) is 0 Å². The first-order valence-corrected chi connectivity index (χ1v) is 7.39. The molecule has 0 saturated heterocycles. The number of methoxy groups -OCH3 is 2. The molecular weight excluding hydrogens is 319 g/mol. The molecule has 0 amide bonds. The molecule has 10 nitrogen and oxygen atoms in total. The molecule has 0 aromatic heterocycles. The molecule has 22 heavy (non-hydrogen) atoms.